The van der Waals surface area contributed by atoms with Crippen LogP contribution in [-0.2, 0) is 10.0 Å². The van der Waals surface area contributed by atoms with Gasteiger partial charge in [0.05, 0.1) is 9.92 Å². The van der Waals surface area contributed by atoms with Gasteiger partial charge in [-0.3, -0.25) is 4.98 Å². The van der Waals surface area contributed by atoms with Crippen molar-refractivity contribution in [1.29, 1.82) is 0 Å². The van der Waals surface area contributed by atoms with Crippen LogP contribution in [0.25, 0.3) is 10.8 Å². The number of hydrogen-bond acceptors (Lipinski definition) is 4. The van der Waals surface area contributed by atoms with Gasteiger partial charge in [0.15, 0.2) is 0 Å². The first-order valence-corrected chi connectivity index (χ1v) is 8.15. The van der Waals surface area contributed by atoms with Crippen LogP contribution in [0.15, 0.2) is 35.5 Å². The van der Waals surface area contributed by atoms with Crippen molar-refractivity contribution < 1.29 is 8.42 Å². The summed E-state index contributed by atoms with van der Waals surface area (Å²) in [7, 11) is -3.50. The normalized spacial score (nSPS) is 17.4. The van der Waals surface area contributed by atoms with Crippen LogP contribution in [-0.4, -0.2) is 43.9 Å². The topological polar surface area (TPSA) is 62.3 Å². The molecule has 1 N–H and O–H groups in total. The summed E-state index contributed by atoms with van der Waals surface area (Å²) < 4.78 is 27.0. The summed E-state index contributed by atoms with van der Waals surface area (Å²) in [6.45, 7) is 2.31. The van der Waals surface area contributed by atoms with E-state index in [1.807, 2.05) is 0 Å². The fraction of sp³-hybridized carbons (Fsp3) is 0.308. The second-order valence-electron chi connectivity index (χ2n) is 4.62. The van der Waals surface area contributed by atoms with Crippen LogP contribution in [0.3, 0.4) is 0 Å². The highest BCUT2D eigenvalue weighted by Gasteiger charge is 2.27. The number of nitrogens with one attached hydrogen (secondary N) is 1. The molecule has 3 rings (SSSR count). The lowest BCUT2D eigenvalue weighted by molar-refractivity contribution is 0.360. The highest BCUT2D eigenvalue weighted by molar-refractivity contribution is 7.89. The molecule has 0 radical (unpaired) electrons. The molecule has 2 aromatic rings. The molecular formula is C13H14ClN3O2S. The minimum atomic E-state index is -3.50. The van der Waals surface area contributed by atoms with Crippen molar-refractivity contribution in [2.24, 2.45) is 0 Å². The first-order valence-electron chi connectivity index (χ1n) is 6.34. The second kappa shape index (κ2) is 5.29. The highest BCUT2D eigenvalue weighted by atomic mass is 35.5. The molecule has 0 aliphatic carbocycles. The number of nitrogens with zero attached hydrogens (tertiary/aromatic N) is 2. The third-order valence-corrected chi connectivity index (χ3v) is 5.71. The van der Waals surface area contributed by atoms with Gasteiger partial charge in [0.1, 0.15) is 0 Å². The predicted octanol–water partition coefficient (Wildman–Crippen LogP) is 1.48. The van der Waals surface area contributed by atoms with Gasteiger partial charge in [-0.15, -0.1) is 0 Å². The summed E-state index contributed by atoms with van der Waals surface area (Å²) in [6.07, 6.45) is 3.17. The summed E-state index contributed by atoms with van der Waals surface area (Å²) in [6, 6.07) is 4.87. The van der Waals surface area contributed by atoms with E-state index in [2.05, 4.69) is 10.3 Å². The maximum absolute atomic E-state index is 12.7. The Morgan fingerprint density at radius 1 is 1.15 bits per heavy atom. The van der Waals surface area contributed by atoms with E-state index in [0.29, 0.717) is 46.9 Å². The van der Waals surface area contributed by atoms with E-state index >= 15 is 0 Å². The third-order valence-electron chi connectivity index (χ3n) is 3.42. The Hall–Kier alpha value is -1.21. The number of hydrogen-bond donors (Lipinski definition) is 1. The number of benzene rings is 1. The number of rotatable bonds is 2. The molecule has 1 aliphatic rings. The van der Waals surface area contributed by atoms with Crippen molar-refractivity contribution in [1.82, 2.24) is 14.6 Å². The number of pyridine rings is 1. The van der Waals surface area contributed by atoms with E-state index in [0.717, 1.165) is 0 Å². The molecule has 5 nitrogen and oxygen atoms in total. The molecule has 106 valence electrons. The van der Waals surface area contributed by atoms with E-state index in [1.54, 1.807) is 30.6 Å². The Balaban J connectivity index is 2.16. The number of sulfonamides is 1. The fourth-order valence-electron chi connectivity index (χ4n) is 2.38. The molecule has 0 amide bonds. The maximum atomic E-state index is 12.7. The van der Waals surface area contributed by atoms with Crippen LogP contribution < -0.4 is 5.32 Å². The lowest BCUT2D eigenvalue weighted by atomic mass is 10.2. The van der Waals surface area contributed by atoms with Crippen LogP contribution in [0.1, 0.15) is 0 Å². The Morgan fingerprint density at radius 3 is 2.65 bits per heavy atom. The number of aromatic nitrogens is 1. The van der Waals surface area contributed by atoms with Gasteiger partial charge in [-0.2, -0.15) is 4.31 Å². The average Bonchev–Trinajstić information content (AvgIpc) is 2.48. The minimum absolute atomic E-state index is 0.293. The van der Waals surface area contributed by atoms with Gasteiger partial charge in [-0.1, -0.05) is 11.6 Å². The Morgan fingerprint density at radius 2 is 1.90 bits per heavy atom. The first kappa shape index (κ1) is 13.8. The molecule has 1 fully saturated rings. The van der Waals surface area contributed by atoms with Crippen LogP contribution in [0.2, 0.25) is 5.02 Å². The molecule has 7 heteroatoms. The lowest BCUT2D eigenvalue weighted by Crippen LogP contribution is -2.46. The summed E-state index contributed by atoms with van der Waals surface area (Å²) in [5.41, 5.74) is 0. The van der Waals surface area contributed by atoms with Crippen molar-refractivity contribution in [3.8, 4) is 0 Å². The van der Waals surface area contributed by atoms with Gasteiger partial charge >= 0.3 is 0 Å². The summed E-state index contributed by atoms with van der Waals surface area (Å²) >= 11 is 6.11. The average molecular weight is 312 g/mol. The molecule has 0 atom stereocenters. The standard InChI is InChI=1S/C13H14ClN3O2S/c14-12-1-2-13(10-3-4-16-9-11(10)12)20(18,19)17-7-5-15-6-8-17/h1-4,9,15H,5-8H2. The molecule has 2 heterocycles. The van der Waals surface area contributed by atoms with Crippen LogP contribution in [0.5, 0.6) is 0 Å². The van der Waals surface area contributed by atoms with E-state index in [4.69, 9.17) is 11.6 Å². The maximum Gasteiger partial charge on any atom is 0.243 e. The SMILES string of the molecule is O=S(=O)(c1ccc(Cl)c2cnccc12)N1CCNCC1. The fourth-order valence-corrected chi connectivity index (χ4v) is 4.23. The molecule has 1 aromatic carbocycles. The quantitative estimate of drug-likeness (QED) is 0.912. The molecular weight excluding hydrogens is 298 g/mol. The minimum Gasteiger partial charge on any atom is -0.314 e. The summed E-state index contributed by atoms with van der Waals surface area (Å²) in [4.78, 5) is 4.30. The van der Waals surface area contributed by atoms with E-state index in [9.17, 15) is 8.42 Å². The molecule has 0 saturated carbocycles. The van der Waals surface area contributed by atoms with E-state index in [-0.39, 0.29) is 0 Å². The molecule has 1 aliphatic heterocycles. The van der Waals surface area contributed by atoms with Crippen LogP contribution in [0, 0.1) is 0 Å². The molecule has 0 bridgehead atoms. The molecule has 0 spiro atoms. The molecule has 1 aromatic heterocycles. The highest BCUT2D eigenvalue weighted by Crippen LogP contribution is 2.30. The first-order chi connectivity index (χ1) is 9.60. The van der Waals surface area contributed by atoms with Gasteiger partial charge < -0.3 is 5.32 Å². The van der Waals surface area contributed by atoms with Crippen molar-refractivity contribution in [2.75, 3.05) is 26.2 Å². The van der Waals surface area contributed by atoms with Crippen molar-refractivity contribution in [3.05, 3.63) is 35.6 Å². The largest absolute Gasteiger partial charge is 0.314 e. The summed E-state index contributed by atoms with van der Waals surface area (Å²) in [5.74, 6) is 0. The molecule has 0 unspecified atom stereocenters. The number of fused-ring (bicyclic) bond motifs is 1. The predicted molar refractivity (Wildman–Crippen MR) is 78.4 cm³/mol. The number of halogens is 1. The zero-order valence-corrected chi connectivity index (χ0v) is 12.3. The van der Waals surface area contributed by atoms with Crippen LogP contribution in [0.4, 0.5) is 0 Å². The summed E-state index contributed by atoms with van der Waals surface area (Å²) in [5, 5.41) is 4.93. The van der Waals surface area contributed by atoms with Crippen LogP contribution >= 0.6 is 11.6 Å². The third kappa shape index (κ3) is 2.29. The zero-order chi connectivity index (χ0) is 14.2. The van der Waals surface area contributed by atoms with Crippen molar-refractivity contribution in [3.63, 3.8) is 0 Å². The van der Waals surface area contributed by atoms with Gasteiger partial charge in [-0.05, 0) is 18.2 Å². The van der Waals surface area contributed by atoms with E-state index < -0.39 is 10.0 Å². The van der Waals surface area contributed by atoms with Gasteiger partial charge in [0.25, 0.3) is 0 Å². The number of piperazine rings is 1. The molecule has 1 saturated heterocycles. The second-order valence-corrected chi connectivity index (χ2v) is 6.93. The van der Waals surface area contributed by atoms with E-state index in [1.165, 1.54) is 4.31 Å². The van der Waals surface area contributed by atoms with Gasteiger partial charge in [-0.25, -0.2) is 8.42 Å². The van der Waals surface area contributed by atoms with Crippen molar-refractivity contribution in [2.45, 2.75) is 4.90 Å². The molecule has 20 heavy (non-hydrogen) atoms. The van der Waals surface area contributed by atoms with Gasteiger partial charge in [0, 0.05) is 49.3 Å². The lowest BCUT2D eigenvalue weighted by Gasteiger charge is -2.27. The monoisotopic (exact) mass is 311 g/mol. The van der Waals surface area contributed by atoms with Crippen molar-refractivity contribution >= 4 is 32.4 Å². The Labute approximate surface area is 122 Å². The zero-order valence-electron chi connectivity index (χ0n) is 10.7. The Bertz CT molecular complexity index is 742. The van der Waals surface area contributed by atoms with Gasteiger partial charge in [0.2, 0.25) is 10.0 Å². The Kier molecular flexibility index (Phi) is 3.64. The smallest absolute Gasteiger partial charge is 0.243 e.